The molecule has 11 heavy (non-hydrogen) atoms. The summed E-state index contributed by atoms with van der Waals surface area (Å²) in [6.07, 6.45) is 0. The standard InChI is InChI=1S/C8H11NO2/c1-5-4-7(10)6(2)8(11)9(5)3/h4,10H,1-3H3. The fourth-order valence-electron chi connectivity index (χ4n) is 0.924. The van der Waals surface area contributed by atoms with Crippen LogP contribution in [0.15, 0.2) is 10.9 Å². The van der Waals surface area contributed by atoms with Crippen molar-refractivity contribution in [1.29, 1.82) is 0 Å². The van der Waals surface area contributed by atoms with Crippen molar-refractivity contribution in [3.63, 3.8) is 0 Å². The Morgan fingerprint density at radius 2 is 2.00 bits per heavy atom. The van der Waals surface area contributed by atoms with Crippen LogP contribution in [0.3, 0.4) is 0 Å². The first-order chi connectivity index (χ1) is 5.04. The Labute approximate surface area is 64.9 Å². The first kappa shape index (κ1) is 7.85. The molecule has 0 atom stereocenters. The quantitative estimate of drug-likeness (QED) is 0.596. The lowest BCUT2D eigenvalue weighted by Crippen LogP contribution is -2.20. The van der Waals surface area contributed by atoms with Crippen LogP contribution in [0.25, 0.3) is 0 Å². The molecule has 1 N–H and O–H groups in total. The van der Waals surface area contributed by atoms with Gasteiger partial charge in [0.05, 0.1) is 5.56 Å². The van der Waals surface area contributed by atoms with E-state index in [1.165, 1.54) is 4.57 Å². The molecule has 0 saturated heterocycles. The van der Waals surface area contributed by atoms with Crippen LogP contribution in [0.4, 0.5) is 0 Å². The third-order valence-corrected chi connectivity index (χ3v) is 1.88. The maximum atomic E-state index is 11.2. The van der Waals surface area contributed by atoms with Gasteiger partial charge in [0.25, 0.3) is 5.56 Å². The summed E-state index contributed by atoms with van der Waals surface area (Å²) in [5.41, 5.74) is 1.03. The average Bonchev–Trinajstić information content (AvgIpc) is 1.97. The van der Waals surface area contributed by atoms with Crippen molar-refractivity contribution in [1.82, 2.24) is 4.57 Å². The highest BCUT2D eigenvalue weighted by Gasteiger charge is 2.03. The number of pyridine rings is 1. The number of aromatic hydroxyl groups is 1. The molecule has 0 aliphatic carbocycles. The minimum atomic E-state index is -0.137. The third kappa shape index (κ3) is 1.13. The number of hydrogen-bond donors (Lipinski definition) is 1. The largest absolute Gasteiger partial charge is 0.507 e. The lowest BCUT2D eigenvalue weighted by molar-refractivity contribution is 0.466. The van der Waals surface area contributed by atoms with Gasteiger partial charge in [-0.3, -0.25) is 4.79 Å². The first-order valence-corrected chi connectivity index (χ1v) is 3.40. The Hall–Kier alpha value is -1.25. The van der Waals surface area contributed by atoms with Crippen molar-refractivity contribution in [3.8, 4) is 5.75 Å². The molecule has 1 heterocycles. The minimum Gasteiger partial charge on any atom is -0.507 e. The monoisotopic (exact) mass is 153 g/mol. The van der Waals surface area contributed by atoms with E-state index in [1.54, 1.807) is 27.0 Å². The van der Waals surface area contributed by atoms with E-state index in [2.05, 4.69) is 0 Å². The van der Waals surface area contributed by atoms with Crippen molar-refractivity contribution < 1.29 is 5.11 Å². The van der Waals surface area contributed by atoms with E-state index in [-0.39, 0.29) is 11.3 Å². The zero-order valence-corrected chi connectivity index (χ0v) is 6.88. The van der Waals surface area contributed by atoms with E-state index < -0.39 is 0 Å². The van der Waals surface area contributed by atoms with Crippen LogP contribution in [0, 0.1) is 13.8 Å². The van der Waals surface area contributed by atoms with Crippen LogP contribution in [0.2, 0.25) is 0 Å². The maximum absolute atomic E-state index is 11.2. The fourth-order valence-corrected chi connectivity index (χ4v) is 0.924. The Morgan fingerprint density at radius 3 is 2.55 bits per heavy atom. The Balaban J connectivity index is 3.59. The molecule has 3 nitrogen and oxygen atoms in total. The molecule has 0 unspecified atom stereocenters. The number of hydrogen-bond acceptors (Lipinski definition) is 2. The molecule has 0 fully saturated rings. The topological polar surface area (TPSA) is 42.2 Å². The second-order valence-corrected chi connectivity index (χ2v) is 2.66. The van der Waals surface area contributed by atoms with Gasteiger partial charge in [0, 0.05) is 12.7 Å². The zero-order chi connectivity index (χ0) is 8.59. The normalized spacial score (nSPS) is 10.1. The minimum absolute atomic E-state index is 0.0746. The van der Waals surface area contributed by atoms with Gasteiger partial charge in [-0.25, -0.2) is 0 Å². The van der Waals surface area contributed by atoms with Crippen molar-refractivity contribution in [2.75, 3.05) is 0 Å². The van der Waals surface area contributed by atoms with Gasteiger partial charge in [0.15, 0.2) is 0 Å². The van der Waals surface area contributed by atoms with Gasteiger partial charge in [0.2, 0.25) is 0 Å². The van der Waals surface area contributed by atoms with Crippen molar-refractivity contribution in [3.05, 3.63) is 27.7 Å². The van der Waals surface area contributed by atoms with Gasteiger partial charge in [-0.2, -0.15) is 0 Å². The molecule has 0 aliphatic rings. The Bertz CT molecular complexity index is 309. The van der Waals surface area contributed by atoms with E-state index in [9.17, 15) is 9.90 Å². The molecule has 0 aromatic carbocycles. The summed E-state index contributed by atoms with van der Waals surface area (Å²) < 4.78 is 1.51. The summed E-state index contributed by atoms with van der Waals surface area (Å²) >= 11 is 0. The molecule has 3 heteroatoms. The van der Waals surface area contributed by atoms with Crippen LogP contribution < -0.4 is 5.56 Å². The summed E-state index contributed by atoms with van der Waals surface area (Å²) in [5.74, 6) is 0.0746. The second kappa shape index (κ2) is 2.42. The molecule has 1 aromatic rings. The van der Waals surface area contributed by atoms with Gasteiger partial charge in [-0.1, -0.05) is 0 Å². The van der Waals surface area contributed by atoms with Gasteiger partial charge >= 0.3 is 0 Å². The van der Waals surface area contributed by atoms with Gasteiger partial charge in [-0.05, 0) is 19.9 Å². The molecule has 0 saturated carbocycles. The Morgan fingerprint density at radius 1 is 1.45 bits per heavy atom. The SMILES string of the molecule is Cc1c(O)cc(C)n(C)c1=O. The highest BCUT2D eigenvalue weighted by atomic mass is 16.3. The van der Waals surface area contributed by atoms with Crippen LogP contribution in [-0.2, 0) is 7.05 Å². The number of aryl methyl sites for hydroxylation is 1. The van der Waals surface area contributed by atoms with Crippen molar-refractivity contribution in [2.45, 2.75) is 13.8 Å². The number of nitrogens with zero attached hydrogens (tertiary/aromatic N) is 1. The van der Waals surface area contributed by atoms with Gasteiger partial charge in [-0.15, -0.1) is 0 Å². The van der Waals surface area contributed by atoms with E-state index in [1.807, 2.05) is 0 Å². The summed E-state index contributed by atoms with van der Waals surface area (Å²) in [4.78, 5) is 11.2. The van der Waals surface area contributed by atoms with Crippen molar-refractivity contribution in [2.24, 2.45) is 7.05 Å². The number of aromatic nitrogens is 1. The third-order valence-electron chi connectivity index (χ3n) is 1.88. The van der Waals surface area contributed by atoms with Crippen LogP contribution >= 0.6 is 0 Å². The molecule has 0 bridgehead atoms. The molecular weight excluding hydrogens is 142 g/mol. The number of rotatable bonds is 0. The molecule has 1 rings (SSSR count). The molecule has 0 amide bonds. The van der Waals surface area contributed by atoms with Crippen LogP contribution in [-0.4, -0.2) is 9.67 Å². The second-order valence-electron chi connectivity index (χ2n) is 2.66. The molecule has 0 aliphatic heterocycles. The van der Waals surface area contributed by atoms with E-state index in [4.69, 9.17) is 0 Å². The zero-order valence-electron chi connectivity index (χ0n) is 6.88. The van der Waals surface area contributed by atoms with E-state index >= 15 is 0 Å². The fraction of sp³-hybridized carbons (Fsp3) is 0.375. The van der Waals surface area contributed by atoms with Crippen LogP contribution in [0.1, 0.15) is 11.3 Å². The summed E-state index contributed by atoms with van der Waals surface area (Å²) in [7, 11) is 1.68. The molecule has 0 radical (unpaired) electrons. The summed E-state index contributed by atoms with van der Waals surface area (Å²) in [6, 6.07) is 1.58. The lowest BCUT2D eigenvalue weighted by Gasteiger charge is -2.05. The first-order valence-electron chi connectivity index (χ1n) is 3.40. The molecule has 1 aromatic heterocycles. The predicted octanol–water partition coefficient (Wildman–Crippen LogP) is 0.708. The smallest absolute Gasteiger partial charge is 0.257 e. The Kier molecular flexibility index (Phi) is 1.72. The highest BCUT2D eigenvalue weighted by Crippen LogP contribution is 2.11. The van der Waals surface area contributed by atoms with Gasteiger partial charge < -0.3 is 9.67 Å². The van der Waals surface area contributed by atoms with Crippen LogP contribution in [0.5, 0.6) is 5.75 Å². The lowest BCUT2D eigenvalue weighted by atomic mass is 10.2. The molecule has 0 spiro atoms. The van der Waals surface area contributed by atoms with E-state index in [0.29, 0.717) is 5.56 Å². The average molecular weight is 153 g/mol. The van der Waals surface area contributed by atoms with Gasteiger partial charge in [0.1, 0.15) is 5.75 Å². The molecule has 60 valence electrons. The molecular formula is C8H11NO2. The van der Waals surface area contributed by atoms with Crippen molar-refractivity contribution >= 4 is 0 Å². The maximum Gasteiger partial charge on any atom is 0.257 e. The summed E-state index contributed by atoms with van der Waals surface area (Å²) in [5, 5.41) is 9.19. The van der Waals surface area contributed by atoms with E-state index in [0.717, 1.165) is 5.69 Å². The highest BCUT2D eigenvalue weighted by molar-refractivity contribution is 5.30. The predicted molar refractivity (Wildman–Crippen MR) is 42.8 cm³/mol. The summed E-state index contributed by atoms with van der Waals surface area (Å²) in [6.45, 7) is 3.39.